The van der Waals surface area contributed by atoms with Crippen molar-refractivity contribution in [3.05, 3.63) is 0 Å². The number of hydrogen-bond acceptors (Lipinski definition) is 3. The topological polar surface area (TPSA) is 17.1 Å². The van der Waals surface area contributed by atoms with Crippen LogP contribution in [0, 0.1) is 29.6 Å². The number of ketones is 1. The zero-order chi connectivity index (χ0) is 16.2. The molecule has 6 heteroatoms. The first-order valence-electron chi connectivity index (χ1n) is 8.19. The van der Waals surface area contributed by atoms with Crippen LogP contribution in [0.1, 0.15) is 32.6 Å². The Labute approximate surface area is 166 Å². The number of rotatable bonds is 3. The van der Waals surface area contributed by atoms with Gasteiger partial charge in [-0.15, -0.1) is 11.6 Å². The minimum Gasteiger partial charge on any atom is -0.299 e. The van der Waals surface area contributed by atoms with E-state index in [1.807, 2.05) is 0 Å². The number of carbonyl (C=O) groups excluding carboxylic acids is 1. The smallest absolute Gasteiger partial charge is 0.138 e. The lowest BCUT2D eigenvalue weighted by Gasteiger charge is -2.38. The Morgan fingerprint density at radius 1 is 1.05 bits per heavy atom. The standard InChI is InChI=1S/C16H23Br2ClOS2/c1-2-3-10(20)11-14(19)8-4-6-7(5-9(8)15(11)21)13(18)16(22)12(6)17/h6-9,11-16,21-22H,2-5H2,1H3. The van der Waals surface area contributed by atoms with Crippen molar-refractivity contribution in [2.75, 3.05) is 0 Å². The van der Waals surface area contributed by atoms with Crippen molar-refractivity contribution in [3.63, 3.8) is 0 Å². The molecule has 126 valence electrons. The molecule has 0 aromatic carbocycles. The molecule has 0 saturated heterocycles. The molecule has 10 unspecified atom stereocenters. The lowest BCUT2D eigenvalue weighted by atomic mass is 9.71. The van der Waals surface area contributed by atoms with E-state index in [-0.39, 0.29) is 16.5 Å². The van der Waals surface area contributed by atoms with E-state index >= 15 is 0 Å². The Morgan fingerprint density at radius 3 is 2.14 bits per heavy atom. The molecule has 0 N–H and O–H groups in total. The van der Waals surface area contributed by atoms with Gasteiger partial charge in [-0.2, -0.15) is 25.3 Å². The van der Waals surface area contributed by atoms with E-state index in [4.69, 9.17) is 36.9 Å². The average Bonchev–Trinajstić information content (AvgIpc) is 2.86. The van der Waals surface area contributed by atoms with E-state index in [9.17, 15) is 4.79 Å². The van der Waals surface area contributed by atoms with E-state index in [2.05, 4.69) is 38.8 Å². The van der Waals surface area contributed by atoms with Crippen molar-refractivity contribution in [1.29, 1.82) is 0 Å². The summed E-state index contributed by atoms with van der Waals surface area (Å²) in [6.07, 6.45) is 3.76. The summed E-state index contributed by atoms with van der Waals surface area (Å²) in [7, 11) is 0. The minimum absolute atomic E-state index is 0.0417. The zero-order valence-electron chi connectivity index (χ0n) is 12.5. The first-order valence-corrected chi connectivity index (χ1v) is 11.5. The summed E-state index contributed by atoms with van der Waals surface area (Å²) in [5, 5.41) is 0.429. The van der Waals surface area contributed by atoms with Crippen molar-refractivity contribution in [2.24, 2.45) is 29.6 Å². The van der Waals surface area contributed by atoms with Gasteiger partial charge in [-0.05, 0) is 42.9 Å². The fraction of sp³-hybridized carbons (Fsp3) is 0.938. The van der Waals surface area contributed by atoms with Crippen LogP contribution in [0.2, 0.25) is 0 Å². The quantitative estimate of drug-likeness (QED) is 0.421. The summed E-state index contributed by atoms with van der Waals surface area (Å²) < 4.78 is 0. The number of thiol groups is 2. The summed E-state index contributed by atoms with van der Waals surface area (Å²) in [5.74, 6) is 2.38. The van der Waals surface area contributed by atoms with Crippen molar-refractivity contribution in [3.8, 4) is 0 Å². The Bertz CT molecular complexity index is 422. The fourth-order valence-corrected chi connectivity index (χ4v) is 9.11. The second-order valence-electron chi connectivity index (χ2n) is 7.18. The van der Waals surface area contributed by atoms with E-state index in [1.54, 1.807) is 0 Å². The molecular weight excluding hydrogens is 468 g/mol. The van der Waals surface area contributed by atoms with Crippen molar-refractivity contribution < 1.29 is 4.79 Å². The predicted octanol–water partition coefficient (Wildman–Crippen LogP) is 4.99. The molecule has 0 heterocycles. The molecule has 3 aliphatic rings. The molecule has 0 bridgehead atoms. The lowest BCUT2D eigenvalue weighted by Crippen LogP contribution is -2.35. The SMILES string of the molecule is CCCC(=O)C1C(S)C2CC3C(Br)C(S)C(Br)C3CC2C1Cl. The second-order valence-corrected chi connectivity index (χ2v) is 11.0. The third-order valence-corrected chi connectivity index (χ3v) is 11.3. The molecule has 0 aliphatic heterocycles. The van der Waals surface area contributed by atoms with Gasteiger partial charge in [-0.1, -0.05) is 38.8 Å². The number of Topliss-reactive ketones (excluding diaryl/α,β-unsaturated/α-hetero) is 1. The molecule has 10 atom stereocenters. The maximum atomic E-state index is 12.5. The largest absolute Gasteiger partial charge is 0.299 e. The van der Waals surface area contributed by atoms with Crippen LogP contribution in [0.25, 0.3) is 0 Å². The monoisotopic (exact) mass is 488 g/mol. The molecule has 0 radical (unpaired) electrons. The highest BCUT2D eigenvalue weighted by Crippen LogP contribution is 2.59. The van der Waals surface area contributed by atoms with Crippen LogP contribution in [0.4, 0.5) is 0 Å². The molecule has 3 rings (SSSR count). The zero-order valence-corrected chi connectivity index (χ0v) is 18.3. The molecule has 0 aromatic heterocycles. The van der Waals surface area contributed by atoms with E-state index in [1.165, 1.54) is 0 Å². The van der Waals surface area contributed by atoms with Gasteiger partial charge in [0.15, 0.2) is 0 Å². The van der Waals surface area contributed by atoms with Crippen LogP contribution >= 0.6 is 68.7 Å². The highest BCUT2D eigenvalue weighted by Gasteiger charge is 2.59. The van der Waals surface area contributed by atoms with E-state index in [0.29, 0.717) is 50.8 Å². The molecule has 3 saturated carbocycles. The molecule has 0 aromatic rings. The number of halogens is 3. The summed E-state index contributed by atoms with van der Waals surface area (Å²) in [6, 6.07) is 0. The fourth-order valence-electron chi connectivity index (χ4n) is 5.00. The van der Waals surface area contributed by atoms with Gasteiger partial charge < -0.3 is 0 Å². The van der Waals surface area contributed by atoms with Crippen LogP contribution in [0.5, 0.6) is 0 Å². The van der Waals surface area contributed by atoms with Crippen molar-refractivity contribution >= 4 is 74.5 Å². The molecule has 1 nitrogen and oxygen atoms in total. The summed E-state index contributed by atoms with van der Waals surface area (Å²) in [6.45, 7) is 2.05. The highest BCUT2D eigenvalue weighted by atomic mass is 79.9. The molecule has 0 spiro atoms. The third-order valence-electron chi connectivity index (χ3n) is 6.09. The molecule has 22 heavy (non-hydrogen) atoms. The van der Waals surface area contributed by atoms with Gasteiger partial charge in [0.05, 0.1) is 0 Å². The Kier molecular flexibility index (Phi) is 5.93. The van der Waals surface area contributed by atoms with Gasteiger partial charge in [-0.25, -0.2) is 0 Å². The Morgan fingerprint density at radius 2 is 1.59 bits per heavy atom. The molecule has 3 fully saturated rings. The first kappa shape index (κ1) is 18.4. The van der Waals surface area contributed by atoms with E-state index in [0.717, 1.165) is 19.3 Å². The summed E-state index contributed by atoms with van der Waals surface area (Å²) in [4.78, 5) is 13.3. The molecule has 3 aliphatic carbocycles. The Hall–Kier alpha value is 1.62. The highest BCUT2D eigenvalue weighted by molar-refractivity contribution is 9.10. The molecular formula is C16H23Br2ClOS2. The molecule has 0 amide bonds. The van der Waals surface area contributed by atoms with Crippen LogP contribution in [-0.4, -0.2) is 31.3 Å². The predicted molar refractivity (Wildman–Crippen MR) is 107 cm³/mol. The first-order chi connectivity index (χ1) is 10.4. The Balaban J connectivity index is 1.81. The number of fused-ring (bicyclic) bond motifs is 2. The number of carbonyl (C=O) groups is 1. The second kappa shape index (κ2) is 7.09. The van der Waals surface area contributed by atoms with Crippen molar-refractivity contribution in [1.82, 2.24) is 0 Å². The van der Waals surface area contributed by atoms with Gasteiger partial charge in [0.25, 0.3) is 0 Å². The average molecular weight is 491 g/mol. The van der Waals surface area contributed by atoms with Crippen LogP contribution in [0.3, 0.4) is 0 Å². The van der Waals surface area contributed by atoms with Crippen LogP contribution < -0.4 is 0 Å². The van der Waals surface area contributed by atoms with Gasteiger partial charge in [-0.3, -0.25) is 4.79 Å². The summed E-state index contributed by atoms with van der Waals surface area (Å²) in [5.41, 5.74) is 0. The van der Waals surface area contributed by atoms with Crippen molar-refractivity contribution in [2.45, 2.75) is 58.1 Å². The van der Waals surface area contributed by atoms with Gasteiger partial charge in [0.1, 0.15) is 5.78 Å². The minimum atomic E-state index is -0.0619. The van der Waals surface area contributed by atoms with Gasteiger partial charge in [0.2, 0.25) is 0 Å². The maximum Gasteiger partial charge on any atom is 0.138 e. The van der Waals surface area contributed by atoms with Gasteiger partial charge >= 0.3 is 0 Å². The summed E-state index contributed by atoms with van der Waals surface area (Å²) >= 11 is 24.1. The third kappa shape index (κ3) is 2.87. The number of alkyl halides is 3. The van der Waals surface area contributed by atoms with Crippen LogP contribution in [0.15, 0.2) is 0 Å². The number of hydrogen-bond donors (Lipinski definition) is 2. The van der Waals surface area contributed by atoms with Gasteiger partial charge in [0, 0.05) is 37.9 Å². The maximum absolute atomic E-state index is 12.5. The van der Waals surface area contributed by atoms with E-state index < -0.39 is 0 Å². The van der Waals surface area contributed by atoms with Crippen LogP contribution in [-0.2, 0) is 4.79 Å². The lowest BCUT2D eigenvalue weighted by molar-refractivity contribution is -0.122. The normalized spacial score (nSPS) is 54.1.